The Kier molecular flexibility index (Phi) is 7.47. The minimum Gasteiger partial charge on any atom is -0.465 e. The molecule has 0 aliphatic carbocycles. The molecule has 2 aromatic rings. The molecule has 9 nitrogen and oxygen atoms in total. The SMILES string of the molecule is CC(=O)N1c2ccc(-c3cnn(CCN4CCC(N)CC4)c3)cc2[C@H](N(C(=O)O)C(C)C)C[C@@H]1C. The molecular weight excluding hydrogens is 444 g/mol. The second kappa shape index (κ2) is 10.4. The number of carbonyl (C=O) groups is 2. The number of amides is 2. The Morgan fingerprint density at radius 3 is 2.54 bits per heavy atom. The molecule has 0 saturated carbocycles. The van der Waals surface area contributed by atoms with Gasteiger partial charge in [-0.1, -0.05) is 6.07 Å². The third-order valence-corrected chi connectivity index (χ3v) is 7.35. The number of likely N-dealkylation sites (tertiary alicyclic amines) is 1. The van der Waals surface area contributed by atoms with Gasteiger partial charge >= 0.3 is 6.09 Å². The van der Waals surface area contributed by atoms with Gasteiger partial charge in [-0.25, -0.2) is 4.79 Å². The number of rotatable bonds is 6. The van der Waals surface area contributed by atoms with E-state index in [4.69, 9.17) is 5.73 Å². The molecule has 4 rings (SSSR count). The summed E-state index contributed by atoms with van der Waals surface area (Å²) in [4.78, 5) is 30.4. The average Bonchev–Trinajstić information content (AvgIpc) is 3.27. The van der Waals surface area contributed by atoms with Crippen LogP contribution >= 0.6 is 0 Å². The second-order valence-corrected chi connectivity index (χ2v) is 10.2. The Bertz CT molecular complexity index is 1060. The molecule has 3 N–H and O–H groups in total. The van der Waals surface area contributed by atoms with Crippen LogP contribution in [0.2, 0.25) is 0 Å². The third kappa shape index (κ3) is 5.36. The highest BCUT2D eigenvalue weighted by Gasteiger charge is 2.38. The molecule has 0 radical (unpaired) electrons. The van der Waals surface area contributed by atoms with E-state index in [0.29, 0.717) is 12.5 Å². The molecule has 0 bridgehead atoms. The number of anilines is 1. The maximum absolute atomic E-state index is 12.5. The Morgan fingerprint density at radius 2 is 1.91 bits per heavy atom. The lowest BCUT2D eigenvalue weighted by Gasteiger charge is -2.43. The number of nitrogens with zero attached hydrogens (tertiary/aromatic N) is 5. The van der Waals surface area contributed by atoms with Crippen LogP contribution in [0, 0.1) is 0 Å². The van der Waals surface area contributed by atoms with Gasteiger partial charge in [0.1, 0.15) is 0 Å². The lowest BCUT2D eigenvalue weighted by atomic mass is 9.88. The predicted octanol–water partition coefficient (Wildman–Crippen LogP) is 3.55. The van der Waals surface area contributed by atoms with Gasteiger partial charge in [0, 0.05) is 49.0 Å². The summed E-state index contributed by atoms with van der Waals surface area (Å²) in [5.74, 6) is -0.0390. The highest BCUT2D eigenvalue weighted by atomic mass is 16.4. The van der Waals surface area contributed by atoms with Crippen molar-refractivity contribution in [3.63, 3.8) is 0 Å². The molecule has 9 heteroatoms. The van der Waals surface area contributed by atoms with Gasteiger partial charge in [-0.15, -0.1) is 0 Å². The van der Waals surface area contributed by atoms with E-state index >= 15 is 0 Å². The van der Waals surface area contributed by atoms with E-state index in [9.17, 15) is 14.7 Å². The molecule has 2 amide bonds. The summed E-state index contributed by atoms with van der Waals surface area (Å²) in [6, 6.07) is 5.70. The molecule has 0 spiro atoms. The van der Waals surface area contributed by atoms with Crippen molar-refractivity contribution in [2.24, 2.45) is 5.73 Å². The maximum Gasteiger partial charge on any atom is 0.408 e. The van der Waals surface area contributed by atoms with Gasteiger partial charge in [0.05, 0.1) is 18.8 Å². The van der Waals surface area contributed by atoms with Gasteiger partial charge in [-0.2, -0.15) is 5.10 Å². The lowest BCUT2D eigenvalue weighted by molar-refractivity contribution is -0.117. The number of fused-ring (bicyclic) bond motifs is 1. The van der Waals surface area contributed by atoms with E-state index in [2.05, 4.69) is 10.00 Å². The standard InChI is InChI=1S/C26H38N6O3/c1-17(2)31(26(34)35)25-13-18(3)32(19(4)33)24-6-5-20(14-23(24)25)21-15-28-30(16-21)12-11-29-9-7-22(27)8-10-29/h5-6,14-18,22,25H,7-13,27H2,1-4H3,(H,34,35)/t18-,25+/m0/s1. The molecular formula is C26H38N6O3. The Balaban J connectivity index is 1.61. The molecule has 1 aromatic carbocycles. The monoisotopic (exact) mass is 482 g/mol. The first kappa shape index (κ1) is 25.2. The first-order valence-electron chi connectivity index (χ1n) is 12.6. The number of hydrogen-bond acceptors (Lipinski definition) is 5. The van der Waals surface area contributed by atoms with Crippen LogP contribution in [0.1, 0.15) is 58.6 Å². The fourth-order valence-corrected chi connectivity index (χ4v) is 5.53. The quantitative estimate of drug-likeness (QED) is 0.652. The summed E-state index contributed by atoms with van der Waals surface area (Å²) in [5, 5.41) is 14.5. The maximum atomic E-state index is 12.5. The van der Waals surface area contributed by atoms with Gasteiger partial charge < -0.3 is 20.6 Å². The van der Waals surface area contributed by atoms with Crippen LogP contribution in [0.4, 0.5) is 10.5 Å². The van der Waals surface area contributed by atoms with Crippen molar-refractivity contribution in [1.29, 1.82) is 0 Å². The summed E-state index contributed by atoms with van der Waals surface area (Å²) >= 11 is 0. The number of carbonyl (C=O) groups excluding carboxylic acids is 1. The van der Waals surface area contributed by atoms with Crippen molar-refractivity contribution in [2.45, 2.75) is 77.7 Å². The number of nitrogens with two attached hydrogens (primary N) is 1. The number of piperidine rings is 1. The van der Waals surface area contributed by atoms with Crippen molar-refractivity contribution >= 4 is 17.7 Å². The van der Waals surface area contributed by atoms with Crippen LogP contribution in [-0.4, -0.2) is 74.4 Å². The lowest BCUT2D eigenvalue weighted by Crippen LogP contribution is -2.48. The van der Waals surface area contributed by atoms with E-state index in [0.717, 1.165) is 61.4 Å². The van der Waals surface area contributed by atoms with Gasteiger partial charge in [-0.05, 0) is 76.4 Å². The summed E-state index contributed by atoms with van der Waals surface area (Å²) in [7, 11) is 0. The first-order valence-corrected chi connectivity index (χ1v) is 12.6. The highest BCUT2D eigenvalue weighted by Crippen LogP contribution is 2.43. The molecule has 35 heavy (non-hydrogen) atoms. The van der Waals surface area contributed by atoms with Crippen molar-refractivity contribution in [3.05, 3.63) is 36.2 Å². The van der Waals surface area contributed by atoms with Crippen molar-refractivity contribution < 1.29 is 14.7 Å². The van der Waals surface area contributed by atoms with Crippen molar-refractivity contribution in [1.82, 2.24) is 19.6 Å². The normalized spacial score (nSPS) is 21.3. The van der Waals surface area contributed by atoms with Crippen LogP contribution in [0.5, 0.6) is 0 Å². The van der Waals surface area contributed by atoms with Crippen LogP contribution in [0.25, 0.3) is 11.1 Å². The second-order valence-electron chi connectivity index (χ2n) is 10.2. The summed E-state index contributed by atoms with van der Waals surface area (Å²) in [5.41, 5.74) is 9.61. The molecule has 3 heterocycles. The van der Waals surface area contributed by atoms with Crippen LogP contribution < -0.4 is 10.6 Å². The van der Waals surface area contributed by atoms with E-state index in [-0.39, 0.29) is 24.0 Å². The molecule has 1 aromatic heterocycles. The van der Waals surface area contributed by atoms with Gasteiger partial charge in [0.25, 0.3) is 0 Å². The zero-order valence-corrected chi connectivity index (χ0v) is 21.2. The Hall–Kier alpha value is -2.91. The fourth-order valence-electron chi connectivity index (χ4n) is 5.53. The van der Waals surface area contributed by atoms with E-state index in [1.54, 1.807) is 11.8 Å². The third-order valence-electron chi connectivity index (χ3n) is 7.35. The van der Waals surface area contributed by atoms with Crippen LogP contribution in [0.3, 0.4) is 0 Å². The molecule has 190 valence electrons. The molecule has 2 aliphatic rings. The number of hydrogen-bond donors (Lipinski definition) is 2. The first-order chi connectivity index (χ1) is 16.7. The van der Waals surface area contributed by atoms with Gasteiger partial charge in [0.15, 0.2) is 0 Å². The van der Waals surface area contributed by atoms with E-state index in [1.165, 1.54) is 4.90 Å². The number of aromatic nitrogens is 2. The zero-order valence-electron chi connectivity index (χ0n) is 21.2. The average molecular weight is 483 g/mol. The molecule has 2 aliphatic heterocycles. The molecule has 2 atom stereocenters. The largest absolute Gasteiger partial charge is 0.465 e. The van der Waals surface area contributed by atoms with Gasteiger partial charge in [0.2, 0.25) is 5.91 Å². The Labute approximate surface area is 207 Å². The van der Waals surface area contributed by atoms with Crippen molar-refractivity contribution in [3.8, 4) is 11.1 Å². The summed E-state index contributed by atoms with van der Waals surface area (Å²) in [6.07, 6.45) is 5.59. The minimum absolute atomic E-state index is 0.0390. The van der Waals surface area contributed by atoms with Gasteiger partial charge in [-0.3, -0.25) is 14.4 Å². The summed E-state index contributed by atoms with van der Waals surface area (Å²) < 4.78 is 1.96. The highest BCUT2D eigenvalue weighted by molar-refractivity contribution is 5.94. The Morgan fingerprint density at radius 1 is 1.20 bits per heavy atom. The molecule has 0 unspecified atom stereocenters. The molecule has 1 saturated heterocycles. The number of benzene rings is 1. The summed E-state index contributed by atoms with van der Waals surface area (Å²) in [6.45, 7) is 11.1. The van der Waals surface area contributed by atoms with Crippen molar-refractivity contribution in [2.75, 3.05) is 24.5 Å². The predicted molar refractivity (Wildman–Crippen MR) is 136 cm³/mol. The number of carboxylic acid groups (broad SMARTS) is 1. The smallest absolute Gasteiger partial charge is 0.408 e. The topological polar surface area (TPSA) is 108 Å². The van der Waals surface area contributed by atoms with E-state index < -0.39 is 6.09 Å². The zero-order chi connectivity index (χ0) is 25.3. The van der Waals surface area contributed by atoms with Crippen LogP contribution in [-0.2, 0) is 11.3 Å². The fraction of sp³-hybridized carbons (Fsp3) is 0.577. The van der Waals surface area contributed by atoms with Crippen LogP contribution in [0.15, 0.2) is 30.6 Å². The minimum atomic E-state index is -0.948. The molecule has 1 fully saturated rings. The van der Waals surface area contributed by atoms with E-state index in [1.807, 2.05) is 56.0 Å².